The molecule has 2 heterocycles. The van der Waals surface area contributed by atoms with Crippen molar-refractivity contribution in [1.82, 2.24) is 101 Å². The number of nitrogens with one attached hydrogen (secondary N) is 22. The number of aliphatic carboxylic acids is 4. The van der Waals surface area contributed by atoms with Crippen LogP contribution in [0.15, 0.2) is 42.5 Å². The van der Waals surface area contributed by atoms with Crippen LogP contribution in [0.5, 0.6) is 5.75 Å². The lowest BCUT2D eigenvalue weighted by Gasteiger charge is -2.29. The van der Waals surface area contributed by atoms with Crippen molar-refractivity contribution in [3.63, 3.8) is 0 Å². The first-order valence-corrected chi connectivity index (χ1v) is 46.1. The molecule has 136 heavy (non-hydrogen) atoms. The predicted molar refractivity (Wildman–Crippen MR) is 489 cm³/mol. The summed E-state index contributed by atoms with van der Waals surface area (Å²) < 4.78 is 0. The number of carbonyl (C=O) groups excluding carboxylic acids is 16. The minimum atomic E-state index is -2.21. The topological polar surface area (TPSA) is 887 Å². The molecular formula is C80H122N26O27S3. The molecule has 2 aliphatic rings. The van der Waals surface area contributed by atoms with E-state index in [9.17, 15) is 122 Å². The van der Waals surface area contributed by atoms with Crippen molar-refractivity contribution >= 4 is 172 Å². The number of carbonyl (C=O) groups is 20. The molecule has 0 aliphatic carbocycles. The number of hydrogen-bond acceptors (Lipinski definition) is 30. The van der Waals surface area contributed by atoms with Gasteiger partial charge in [0.25, 0.3) is 0 Å². The van der Waals surface area contributed by atoms with Gasteiger partial charge >= 0.3 is 23.9 Å². The number of carboxylic acid groups (broad SMARTS) is 4. The van der Waals surface area contributed by atoms with E-state index in [4.69, 9.17) is 39.2 Å². The van der Waals surface area contributed by atoms with Crippen LogP contribution in [0, 0.1) is 22.1 Å². The number of thioether (sulfide) groups is 3. The van der Waals surface area contributed by atoms with Gasteiger partial charge < -0.3 is 160 Å². The molecule has 752 valence electrons. The molecule has 2 aromatic rings. The average molecular weight is 1980 g/mol. The van der Waals surface area contributed by atoms with Crippen LogP contribution >= 0.6 is 35.3 Å². The number of aliphatic hydroxyl groups is 2. The first-order valence-electron chi connectivity index (χ1n) is 42.7. The van der Waals surface area contributed by atoms with Crippen LogP contribution in [0.2, 0.25) is 0 Å². The van der Waals surface area contributed by atoms with Crippen molar-refractivity contribution in [2.24, 2.45) is 28.9 Å². The van der Waals surface area contributed by atoms with Crippen molar-refractivity contribution in [2.45, 2.75) is 213 Å². The van der Waals surface area contributed by atoms with Gasteiger partial charge in [-0.25, -0.2) is 0 Å². The third-order valence-corrected chi connectivity index (χ3v) is 23.3. The molecule has 0 fully saturated rings. The molecule has 4 rings (SSSR count). The van der Waals surface area contributed by atoms with E-state index in [1.54, 1.807) is 18.2 Å². The summed E-state index contributed by atoms with van der Waals surface area (Å²) in [7, 11) is 0. The van der Waals surface area contributed by atoms with E-state index >= 15 is 9.59 Å². The highest BCUT2D eigenvalue weighted by atomic mass is 32.2. The fraction of sp³-hybridized carbons (Fsp3) is 0.562. The monoisotopic (exact) mass is 1970 g/mol. The Morgan fingerprint density at radius 1 is 0.441 bits per heavy atom. The molecule has 37 N–H and O–H groups in total. The SMILES string of the molecule is CC(C)[C@@H]1NC(=O)[C@H](CCC(=O)O)NC(=O)[C@H](Cc2ccc(O)cc2)NC(=O)[C@H](CCCNC(=N)N)NC(=O)[C@H](CO)NC(=O)[C@@H](NC(=O)[C@H](C)N)CSCc2cc3cc(c2)CSC[C@H](NC(=O)[C@H](CC(=O)O)NC1=O)C(=O)N[C@@H](CCCNC(=N)N)C(=O)NCC(=O)N[C@@H](CCCNC(=N)N)C(=O)N[C@@H](CCC(=O)O)C(=O)N[C@@H](CO)C(=O)N[C@@H](C)C(=O)N[C@H](C(=O)NCC(=O)O)CSC3. The van der Waals surface area contributed by atoms with Gasteiger partial charge in [-0.05, 0) is 106 Å². The van der Waals surface area contributed by atoms with Crippen LogP contribution in [0.4, 0.5) is 0 Å². The second kappa shape index (κ2) is 59.2. The van der Waals surface area contributed by atoms with E-state index in [1.807, 2.05) is 0 Å². The molecule has 0 saturated heterocycles. The maximum atomic E-state index is 15.3. The third kappa shape index (κ3) is 43.2. The van der Waals surface area contributed by atoms with Gasteiger partial charge in [-0.15, -0.1) is 0 Å². The van der Waals surface area contributed by atoms with Gasteiger partial charge in [0.1, 0.15) is 96.9 Å². The Hall–Kier alpha value is -13.6. The lowest BCUT2D eigenvalue weighted by atomic mass is 10.0. The number of aromatic hydroxyl groups is 1. The number of hydrogen-bond donors (Lipinski definition) is 33. The second-order valence-corrected chi connectivity index (χ2v) is 34.8. The number of benzene rings is 2. The first-order chi connectivity index (χ1) is 64.2. The van der Waals surface area contributed by atoms with Gasteiger partial charge in [0.15, 0.2) is 17.9 Å². The third-order valence-electron chi connectivity index (χ3n) is 20.0. The Morgan fingerprint density at radius 2 is 0.846 bits per heavy atom. The zero-order valence-corrected chi connectivity index (χ0v) is 77.2. The zero-order valence-electron chi connectivity index (χ0n) is 74.8. The molecule has 0 aromatic heterocycles. The number of carboxylic acids is 4. The minimum absolute atomic E-state index is 0.0786. The van der Waals surface area contributed by atoms with Gasteiger partial charge in [0, 0.05) is 73.4 Å². The van der Waals surface area contributed by atoms with Crippen molar-refractivity contribution in [3.05, 3.63) is 64.7 Å². The lowest BCUT2D eigenvalue weighted by molar-refractivity contribution is -0.142. The molecule has 56 heteroatoms. The second-order valence-electron chi connectivity index (χ2n) is 31.7. The van der Waals surface area contributed by atoms with E-state index in [-0.39, 0.29) is 86.1 Å². The quantitative estimate of drug-likeness (QED) is 0.0196. The molecule has 4 bridgehead atoms. The molecule has 16 amide bonds. The summed E-state index contributed by atoms with van der Waals surface area (Å²) in [5.74, 6) is -30.0. The van der Waals surface area contributed by atoms with Gasteiger partial charge in [0.2, 0.25) is 94.5 Å². The van der Waals surface area contributed by atoms with Crippen molar-refractivity contribution in [2.75, 3.05) is 63.2 Å². The van der Waals surface area contributed by atoms with Crippen LogP contribution < -0.4 is 124 Å². The van der Waals surface area contributed by atoms with E-state index < -0.39 is 316 Å². The summed E-state index contributed by atoms with van der Waals surface area (Å²) in [6, 6.07) is -17.0. The Labute approximate surface area is 791 Å². The number of fused-ring (bicyclic) bond motifs is 5. The van der Waals surface area contributed by atoms with Crippen LogP contribution in [0.1, 0.15) is 121 Å². The van der Waals surface area contributed by atoms with E-state index in [0.29, 0.717) is 16.7 Å². The molecule has 2 aliphatic heterocycles. The van der Waals surface area contributed by atoms with Gasteiger partial charge in [-0.1, -0.05) is 44.2 Å². The standard InChI is InChI=1S/C80H122N26O27S3/c1-37(2)62-77(133)100-51(26-60(115)116)72(128)105-56-36-136-33-43-23-41(22-42(24-43)32-135-35-55(103-63(119)38(3)81)76(132)102-53(30-108)74(130)96-47(10-7-21-90-80(86)87)68(124)99-50(25-40-11-13-44(109)14-12-40)71(127)98-49(70(126)106-62)16-18-59(113)114)31-134-34-54(66(122)92-28-61(117)118)104-64(120)39(4)93-73(129)52(29-107)101-69(125)48(15-17-58(111)112)97-67(123)46(9-6-20-89-79(84)85)94-57(110)27-91-65(121)45(95-75(56)131)8-5-19-88-78(82)83/h11-14,22-24,37-39,45-56,62,107-109H,5-10,15-21,25-36,81H2,1-4H3,(H,91,121)(H,92,122)(H,93,129)(H,94,110)(H,95,131)(H,96,130)(H,97,123)(H,98,127)(H,99,124)(H,100,133)(H,101,125)(H,102,132)(H,103,119)(H,104,120)(H,105,128)(H,106,126)(H,111,112)(H,113,114)(H,115,116)(H,117,118)(H4,82,83,88)(H4,84,85,89)(H4,86,87,90)/t38-,39-,45-,46-,47-,48-,49-,50-,51-,52-,53-,54-,55-,56-,62-/m0/s1. The molecule has 0 radical (unpaired) electrons. The molecule has 53 nitrogen and oxygen atoms in total. The molecule has 2 aromatic carbocycles. The normalized spacial score (nSPS) is 23.6. The average Bonchev–Trinajstić information content (AvgIpc) is 0.855. The van der Waals surface area contributed by atoms with E-state index in [2.05, 4.69) is 101 Å². The number of aliphatic hydroxyl groups excluding tert-OH is 2. The van der Waals surface area contributed by atoms with Gasteiger partial charge in [-0.3, -0.25) is 112 Å². The summed E-state index contributed by atoms with van der Waals surface area (Å²) >= 11 is 2.81. The Morgan fingerprint density at radius 3 is 1.31 bits per heavy atom. The van der Waals surface area contributed by atoms with Crippen molar-refractivity contribution in [3.8, 4) is 5.75 Å². The highest BCUT2D eigenvalue weighted by Crippen LogP contribution is 2.26. The predicted octanol–water partition coefficient (Wildman–Crippen LogP) is -10.5. The molecular weight excluding hydrogens is 1850 g/mol. The summed E-state index contributed by atoms with van der Waals surface area (Å²) in [5, 5.41) is 140. The van der Waals surface area contributed by atoms with E-state index in [0.717, 1.165) is 42.2 Å². The lowest BCUT2D eigenvalue weighted by Crippen LogP contribution is -2.62. The highest BCUT2D eigenvalue weighted by molar-refractivity contribution is 7.99. The fourth-order valence-electron chi connectivity index (χ4n) is 12.9. The van der Waals surface area contributed by atoms with Gasteiger partial charge in [0.05, 0.1) is 32.2 Å². The maximum absolute atomic E-state index is 15.3. The fourth-order valence-corrected chi connectivity index (χ4v) is 15.8. The Bertz CT molecular complexity index is 4600. The molecule has 0 spiro atoms. The molecule has 15 atom stereocenters. The largest absolute Gasteiger partial charge is 0.508 e. The smallest absolute Gasteiger partial charge is 0.322 e. The van der Waals surface area contributed by atoms with Crippen molar-refractivity contribution in [1.29, 1.82) is 16.2 Å². The van der Waals surface area contributed by atoms with Crippen molar-refractivity contribution < 1.29 is 132 Å². The van der Waals surface area contributed by atoms with Crippen LogP contribution in [0.3, 0.4) is 0 Å². The summed E-state index contributed by atoms with van der Waals surface area (Å²) in [4.78, 5) is 280. The first kappa shape index (κ1) is 115. The van der Waals surface area contributed by atoms with Crippen LogP contribution in [-0.4, -0.2) is 326 Å². The number of amides is 16. The Balaban J connectivity index is 2.10. The minimum Gasteiger partial charge on any atom is -0.508 e. The Kier molecular flexibility index (Phi) is 49.9. The summed E-state index contributed by atoms with van der Waals surface area (Å²) in [6.45, 7) is 0.360. The highest BCUT2D eigenvalue weighted by Gasteiger charge is 2.40. The van der Waals surface area contributed by atoms with Crippen LogP contribution in [0.25, 0.3) is 0 Å². The summed E-state index contributed by atoms with van der Waals surface area (Å²) in [5.41, 5.74) is 23.9. The van der Waals surface area contributed by atoms with Gasteiger partial charge in [-0.2, -0.15) is 35.3 Å². The molecule has 0 unspecified atom stereocenters. The number of phenolic OH excluding ortho intramolecular Hbond substituents is 1. The number of guanidine groups is 3. The maximum Gasteiger partial charge on any atom is 0.322 e. The van der Waals surface area contributed by atoms with Crippen LogP contribution in [-0.2, 0) is 120 Å². The number of phenols is 1. The number of rotatable bonds is 30. The summed E-state index contributed by atoms with van der Waals surface area (Å²) in [6.07, 6.45) is -6.32. The number of nitrogens with two attached hydrogens (primary N) is 4. The zero-order chi connectivity index (χ0) is 102. The van der Waals surface area contributed by atoms with E-state index in [1.165, 1.54) is 45.0 Å². The molecule has 0 saturated carbocycles.